The minimum absolute atomic E-state index is 0.0960. The van der Waals surface area contributed by atoms with Gasteiger partial charge in [0, 0.05) is 17.3 Å². The van der Waals surface area contributed by atoms with Crippen molar-refractivity contribution in [1.82, 2.24) is 0 Å². The maximum Gasteiger partial charge on any atom is 0.157 e. The third-order valence-corrected chi connectivity index (χ3v) is 3.82. The molecule has 1 fully saturated rings. The Morgan fingerprint density at radius 2 is 2.06 bits per heavy atom. The van der Waals surface area contributed by atoms with Gasteiger partial charge in [0.1, 0.15) is 0 Å². The van der Waals surface area contributed by atoms with Crippen molar-refractivity contribution in [2.45, 2.75) is 37.9 Å². The highest BCUT2D eigenvalue weighted by Gasteiger charge is 2.28. The molecule has 0 amide bonds. The maximum absolute atomic E-state index is 9.57. The molecule has 0 aliphatic carbocycles. The number of ether oxygens (including phenoxy) is 2. The van der Waals surface area contributed by atoms with E-state index in [2.05, 4.69) is 22.6 Å². The van der Waals surface area contributed by atoms with Gasteiger partial charge in [-0.1, -0.05) is 52.9 Å². The average Bonchev–Trinajstić information content (AvgIpc) is 2.37. The summed E-state index contributed by atoms with van der Waals surface area (Å²) in [6.45, 7) is 0.603. The second kappa shape index (κ2) is 6.68. The zero-order valence-corrected chi connectivity index (χ0v) is 11.7. The molecule has 1 aliphatic rings. The van der Waals surface area contributed by atoms with E-state index in [1.54, 1.807) is 0 Å². The molecule has 3 atom stereocenters. The molecule has 0 bridgehead atoms. The highest BCUT2D eigenvalue weighted by molar-refractivity contribution is 14.1. The fourth-order valence-electron chi connectivity index (χ4n) is 1.97. The molecular weight excluding hydrogens is 331 g/mol. The summed E-state index contributed by atoms with van der Waals surface area (Å²) in [4.78, 5) is 0. The monoisotopic (exact) mass is 348 g/mol. The number of rotatable bonds is 4. The summed E-state index contributed by atoms with van der Waals surface area (Å²) < 4.78 is 12.1. The van der Waals surface area contributed by atoms with Crippen molar-refractivity contribution in [2.75, 3.05) is 4.43 Å². The van der Waals surface area contributed by atoms with E-state index in [4.69, 9.17) is 9.47 Å². The smallest absolute Gasteiger partial charge is 0.157 e. The SMILES string of the molecule is O[C@H]1C[C@@H](OCc2ccccc2)C[C@@H](CI)O1. The summed E-state index contributed by atoms with van der Waals surface area (Å²) in [5, 5.41) is 9.57. The zero-order valence-electron chi connectivity index (χ0n) is 9.59. The lowest BCUT2D eigenvalue weighted by molar-refractivity contribution is -0.192. The Balaban J connectivity index is 1.82. The van der Waals surface area contributed by atoms with Gasteiger partial charge in [-0.25, -0.2) is 0 Å². The zero-order chi connectivity index (χ0) is 12.1. The molecule has 1 aliphatic heterocycles. The van der Waals surface area contributed by atoms with Crippen LogP contribution < -0.4 is 0 Å². The molecule has 4 heteroatoms. The largest absolute Gasteiger partial charge is 0.373 e. The first kappa shape index (κ1) is 13.3. The first-order valence-corrected chi connectivity index (χ1v) is 7.35. The predicted octanol–water partition coefficient (Wildman–Crippen LogP) is 2.50. The van der Waals surface area contributed by atoms with Crippen molar-refractivity contribution in [3.05, 3.63) is 35.9 Å². The predicted molar refractivity (Wildman–Crippen MR) is 74.0 cm³/mol. The second-order valence-corrected chi connectivity index (χ2v) is 5.14. The van der Waals surface area contributed by atoms with E-state index in [0.29, 0.717) is 13.0 Å². The van der Waals surface area contributed by atoms with E-state index in [1.807, 2.05) is 30.3 Å². The number of aliphatic hydroxyl groups excluding tert-OH is 1. The molecule has 0 unspecified atom stereocenters. The Hall–Kier alpha value is -0.170. The summed E-state index contributed by atoms with van der Waals surface area (Å²) in [5.74, 6) is 0. The van der Waals surface area contributed by atoms with Crippen molar-refractivity contribution < 1.29 is 14.6 Å². The summed E-state index contributed by atoms with van der Waals surface area (Å²) in [6, 6.07) is 10.1. The van der Waals surface area contributed by atoms with E-state index in [0.717, 1.165) is 10.8 Å². The Kier molecular flexibility index (Phi) is 5.21. The molecule has 1 aromatic carbocycles. The van der Waals surface area contributed by atoms with Gasteiger partial charge in [0.25, 0.3) is 0 Å². The van der Waals surface area contributed by atoms with Gasteiger partial charge in [0.05, 0.1) is 18.8 Å². The molecule has 17 heavy (non-hydrogen) atoms. The van der Waals surface area contributed by atoms with Gasteiger partial charge < -0.3 is 14.6 Å². The molecule has 2 rings (SSSR count). The summed E-state index contributed by atoms with van der Waals surface area (Å²) in [5.41, 5.74) is 1.17. The third-order valence-electron chi connectivity index (χ3n) is 2.84. The first-order chi connectivity index (χ1) is 8.28. The topological polar surface area (TPSA) is 38.7 Å². The molecule has 0 radical (unpaired) electrons. The summed E-state index contributed by atoms with van der Waals surface area (Å²) in [7, 11) is 0. The van der Waals surface area contributed by atoms with Crippen molar-refractivity contribution in [3.8, 4) is 0 Å². The van der Waals surface area contributed by atoms with Crippen LogP contribution in [0, 0.1) is 0 Å². The highest BCUT2D eigenvalue weighted by Crippen LogP contribution is 2.23. The number of alkyl halides is 1. The number of hydrogen-bond acceptors (Lipinski definition) is 3. The van der Waals surface area contributed by atoms with Crippen LogP contribution in [0.3, 0.4) is 0 Å². The normalized spacial score (nSPS) is 29.2. The van der Waals surface area contributed by atoms with Crippen LogP contribution in [-0.2, 0) is 16.1 Å². The molecule has 0 aromatic heterocycles. The minimum atomic E-state index is -0.677. The molecular formula is C13H17IO3. The number of hydrogen-bond donors (Lipinski definition) is 1. The molecule has 0 saturated carbocycles. The van der Waals surface area contributed by atoms with Crippen LogP contribution in [0.4, 0.5) is 0 Å². The van der Waals surface area contributed by atoms with Crippen molar-refractivity contribution in [2.24, 2.45) is 0 Å². The molecule has 1 N–H and O–H groups in total. The van der Waals surface area contributed by atoms with Crippen molar-refractivity contribution in [3.63, 3.8) is 0 Å². The van der Waals surface area contributed by atoms with E-state index in [9.17, 15) is 5.11 Å². The average molecular weight is 348 g/mol. The van der Waals surface area contributed by atoms with Crippen LogP contribution in [0.25, 0.3) is 0 Å². The van der Waals surface area contributed by atoms with Crippen LogP contribution in [0.5, 0.6) is 0 Å². The number of halogens is 1. The standard InChI is InChI=1S/C13H17IO3/c14-8-12-6-11(7-13(15)17-12)16-9-10-4-2-1-3-5-10/h1-5,11-13,15H,6-9H2/t11-,12-,13+/m0/s1. The highest BCUT2D eigenvalue weighted by atomic mass is 127. The van der Waals surface area contributed by atoms with Crippen LogP contribution in [0.1, 0.15) is 18.4 Å². The fraction of sp³-hybridized carbons (Fsp3) is 0.538. The molecule has 1 saturated heterocycles. The van der Waals surface area contributed by atoms with Gasteiger partial charge in [-0.15, -0.1) is 0 Å². The summed E-state index contributed by atoms with van der Waals surface area (Å²) >= 11 is 2.28. The minimum Gasteiger partial charge on any atom is -0.373 e. The van der Waals surface area contributed by atoms with E-state index >= 15 is 0 Å². The van der Waals surface area contributed by atoms with Gasteiger partial charge in [-0.05, 0) is 5.56 Å². The van der Waals surface area contributed by atoms with Crippen molar-refractivity contribution in [1.29, 1.82) is 0 Å². The van der Waals surface area contributed by atoms with Crippen molar-refractivity contribution >= 4 is 22.6 Å². The number of benzene rings is 1. The first-order valence-electron chi connectivity index (χ1n) is 5.83. The number of aliphatic hydroxyl groups is 1. The van der Waals surface area contributed by atoms with Crippen LogP contribution in [0.2, 0.25) is 0 Å². The maximum atomic E-state index is 9.57. The molecule has 1 heterocycles. The van der Waals surface area contributed by atoms with Gasteiger partial charge in [0.15, 0.2) is 6.29 Å². The molecule has 94 valence electrons. The summed E-state index contributed by atoms with van der Waals surface area (Å²) in [6.07, 6.45) is 0.968. The second-order valence-electron chi connectivity index (χ2n) is 4.26. The molecule has 1 aromatic rings. The Labute approximate surface area is 115 Å². The Morgan fingerprint density at radius 3 is 2.76 bits per heavy atom. The van der Waals surface area contributed by atoms with E-state index in [-0.39, 0.29) is 12.2 Å². The molecule has 0 spiro atoms. The Morgan fingerprint density at radius 1 is 1.29 bits per heavy atom. The van der Waals surface area contributed by atoms with Gasteiger partial charge in [-0.2, -0.15) is 0 Å². The lowest BCUT2D eigenvalue weighted by atomic mass is 10.1. The van der Waals surface area contributed by atoms with Gasteiger partial charge in [-0.3, -0.25) is 0 Å². The van der Waals surface area contributed by atoms with Gasteiger partial charge >= 0.3 is 0 Å². The van der Waals surface area contributed by atoms with Crippen LogP contribution in [0.15, 0.2) is 30.3 Å². The van der Waals surface area contributed by atoms with Crippen LogP contribution in [-0.4, -0.2) is 28.0 Å². The van der Waals surface area contributed by atoms with E-state index in [1.165, 1.54) is 5.56 Å². The Bertz CT molecular complexity index is 331. The fourth-order valence-corrected chi connectivity index (χ4v) is 2.54. The van der Waals surface area contributed by atoms with E-state index < -0.39 is 6.29 Å². The lowest BCUT2D eigenvalue weighted by Crippen LogP contribution is -2.37. The van der Waals surface area contributed by atoms with Gasteiger partial charge in [0.2, 0.25) is 0 Å². The third kappa shape index (κ3) is 4.21. The lowest BCUT2D eigenvalue weighted by Gasteiger charge is -2.32. The quantitative estimate of drug-likeness (QED) is 0.671. The van der Waals surface area contributed by atoms with Crippen LogP contribution >= 0.6 is 22.6 Å². The molecule has 3 nitrogen and oxygen atoms in total.